The fourth-order valence-electron chi connectivity index (χ4n) is 1.59. The van der Waals surface area contributed by atoms with Crippen molar-refractivity contribution in [3.8, 4) is 0 Å². The molecule has 0 heterocycles. The Morgan fingerprint density at radius 3 is 2.14 bits per heavy atom. The van der Waals surface area contributed by atoms with Crippen molar-refractivity contribution in [1.82, 2.24) is 4.90 Å². The Labute approximate surface area is 87.4 Å². The number of carbonyl (C=O) groups excluding carboxylic acids is 1. The van der Waals surface area contributed by atoms with Crippen molar-refractivity contribution in [3.05, 3.63) is 0 Å². The standard InChI is InChI=1S/C11H23NO2/c1-5-7-12(8-6-2)9-10(3)11(13)14-4/h10H,5-9H2,1-4H3/t10-/m1/s1. The van der Waals surface area contributed by atoms with Crippen molar-refractivity contribution in [3.63, 3.8) is 0 Å². The lowest BCUT2D eigenvalue weighted by Crippen LogP contribution is -2.33. The maximum atomic E-state index is 11.2. The van der Waals surface area contributed by atoms with Crippen LogP contribution in [0, 0.1) is 5.92 Å². The molecule has 0 aliphatic rings. The molecule has 3 heteroatoms. The second-order valence-electron chi connectivity index (χ2n) is 3.72. The number of nitrogens with zero attached hydrogens (tertiary/aromatic N) is 1. The molecule has 0 amide bonds. The van der Waals surface area contributed by atoms with Crippen LogP contribution in [0.4, 0.5) is 0 Å². The van der Waals surface area contributed by atoms with E-state index in [1.54, 1.807) is 0 Å². The molecule has 84 valence electrons. The molecular formula is C11H23NO2. The molecule has 0 bridgehead atoms. The van der Waals surface area contributed by atoms with Crippen LogP contribution >= 0.6 is 0 Å². The lowest BCUT2D eigenvalue weighted by molar-refractivity contribution is -0.145. The quantitative estimate of drug-likeness (QED) is 0.589. The van der Waals surface area contributed by atoms with Crippen LogP contribution in [-0.2, 0) is 9.53 Å². The lowest BCUT2D eigenvalue weighted by Gasteiger charge is -2.23. The molecule has 0 unspecified atom stereocenters. The maximum absolute atomic E-state index is 11.2. The molecule has 1 atom stereocenters. The van der Waals surface area contributed by atoms with Crippen LogP contribution in [0.25, 0.3) is 0 Å². The topological polar surface area (TPSA) is 29.5 Å². The van der Waals surface area contributed by atoms with Crippen LogP contribution < -0.4 is 0 Å². The summed E-state index contributed by atoms with van der Waals surface area (Å²) in [7, 11) is 1.45. The zero-order valence-corrected chi connectivity index (χ0v) is 9.88. The van der Waals surface area contributed by atoms with Gasteiger partial charge in [0.2, 0.25) is 0 Å². The Bertz CT molecular complexity index is 153. The molecule has 0 aromatic heterocycles. The van der Waals surface area contributed by atoms with Crippen LogP contribution in [0.2, 0.25) is 0 Å². The first-order valence-corrected chi connectivity index (χ1v) is 5.45. The molecule has 0 N–H and O–H groups in total. The Balaban J connectivity index is 3.94. The average molecular weight is 201 g/mol. The predicted octanol–water partition coefficient (Wildman–Crippen LogP) is 1.92. The number of hydrogen-bond acceptors (Lipinski definition) is 3. The Hall–Kier alpha value is -0.570. The summed E-state index contributed by atoms with van der Waals surface area (Å²) in [6.45, 7) is 9.18. The van der Waals surface area contributed by atoms with E-state index in [0.717, 1.165) is 32.5 Å². The van der Waals surface area contributed by atoms with Gasteiger partial charge in [0.15, 0.2) is 0 Å². The SMILES string of the molecule is CCCN(CCC)C[C@@H](C)C(=O)OC. The molecule has 3 nitrogen and oxygen atoms in total. The minimum absolute atomic E-state index is 0.0156. The molecule has 0 aromatic rings. The summed E-state index contributed by atoms with van der Waals surface area (Å²) in [4.78, 5) is 13.5. The highest BCUT2D eigenvalue weighted by Crippen LogP contribution is 2.03. The van der Waals surface area contributed by atoms with Gasteiger partial charge in [0.1, 0.15) is 0 Å². The van der Waals surface area contributed by atoms with Gasteiger partial charge >= 0.3 is 5.97 Å². The number of esters is 1. The van der Waals surface area contributed by atoms with E-state index in [0.29, 0.717) is 0 Å². The minimum Gasteiger partial charge on any atom is -0.469 e. The third-order valence-corrected chi connectivity index (χ3v) is 2.22. The largest absolute Gasteiger partial charge is 0.469 e. The van der Waals surface area contributed by atoms with Gasteiger partial charge in [0.25, 0.3) is 0 Å². The number of rotatable bonds is 7. The Morgan fingerprint density at radius 1 is 1.29 bits per heavy atom. The molecule has 0 aliphatic heterocycles. The molecule has 0 aliphatic carbocycles. The van der Waals surface area contributed by atoms with E-state index in [4.69, 9.17) is 4.74 Å². The van der Waals surface area contributed by atoms with Crippen LogP contribution in [0.15, 0.2) is 0 Å². The zero-order chi connectivity index (χ0) is 11.0. The summed E-state index contributed by atoms with van der Waals surface area (Å²) in [5.41, 5.74) is 0. The van der Waals surface area contributed by atoms with Gasteiger partial charge in [0.05, 0.1) is 13.0 Å². The summed E-state index contributed by atoms with van der Waals surface area (Å²) in [6, 6.07) is 0. The molecule has 0 radical (unpaired) electrons. The highest BCUT2D eigenvalue weighted by atomic mass is 16.5. The van der Waals surface area contributed by atoms with Crippen molar-refractivity contribution in [2.75, 3.05) is 26.7 Å². The first-order valence-electron chi connectivity index (χ1n) is 5.45. The summed E-state index contributed by atoms with van der Waals surface area (Å²) in [5.74, 6) is -0.125. The average Bonchev–Trinajstić information content (AvgIpc) is 2.17. The number of hydrogen-bond donors (Lipinski definition) is 0. The first kappa shape index (κ1) is 13.4. The molecule has 0 fully saturated rings. The van der Waals surface area contributed by atoms with Gasteiger partial charge < -0.3 is 9.64 Å². The van der Waals surface area contributed by atoms with Crippen molar-refractivity contribution >= 4 is 5.97 Å². The highest BCUT2D eigenvalue weighted by Gasteiger charge is 2.16. The fraction of sp³-hybridized carbons (Fsp3) is 0.909. The Morgan fingerprint density at radius 2 is 1.79 bits per heavy atom. The molecule has 0 saturated carbocycles. The molecule has 0 aromatic carbocycles. The zero-order valence-electron chi connectivity index (χ0n) is 9.88. The van der Waals surface area contributed by atoms with E-state index in [-0.39, 0.29) is 11.9 Å². The van der Waals surface area contributed by atoms with Crippen LogP contribution in [-0.4, -0.2) is 37.6 Å². The summed E-state index contributed by atoms with van der Waals surface area (Å²) in [5, 5.41) is 0. The summed E-state index contributed by atoms with van der Waals surface area (Å²) < 4.78 is 4.70. The monoisotopic (exact) mass is 201 g/mol. The third kappa shape index (κ3) is 5.22. The number of methoxy groups -OCH3 is 1. The molecule has 0 saturated heterocycles. The fourth-order valence-corrected chi connectivity index (χ4v) is 1.59. The number of ether oxygens (including phenoxy) is 1. The predicted molar refractivity (Wildman–Crippen MR) is 58.2 cm³/mol. The normalized spacial score (nSPS) is 12.9. The van der Waals surface area contributed by atoms with Gasteiger partial charge in [0, 0.05) is 6.54 Å². The van der Waals surface area contributed by atoms with E-state index < -0.39 is 0 Å². The minimum atomic E-state index is -0.109. The van der Waals surface area contributed by atoms with Gasteiger partial charge in [-0.05, 0) is 25.9 Å². The van der Waals surface area contributed by atoms with Crippen molar-refractivity contribution in [2.45, 2.75) is 33.6 Å². The van der Waals surface area contributed by atoms with E-state index >= 15 is 0 Å². The van der Waals surface area contributed by atoms with E-state index in [2.05, 4.69) is 18.7 Å². The maximum Gasteiger partial charge on any atom is 0.309 e. The van der Waals surface area contributed by atoms with Crippen LogP contribution in [0.1, 0.15) is 33.6 Å². The van der Waals surface area contributed by atoms with Gasteiger partial charge in [-0.1, -0.05) is 20.8 Å². The second-order valence-corrected chi connectivity index (χ2v) is 3.72. The van der Waals surface area contributed by atoms with E-state index in [1.807, 2.05) is 6.92 Å². The molecule has 0 rings (SSSR count). The smallest absolute Gasteiger partial charge is 0.309 e. The molecule has 0 spiro atoms. The van der Waals surface area contributed by atoms with Crippen molar-refractivity contribution in [2.24, 2.45) is 5.92 Å². The third-order valence-electron chi connectivity index (χ3n) is 2.22. The van der Waals surface area contributed by atoms with Crippen LogP contribution in [0.5, 0.6) is 0 Å². The first-order chi connectivity index (χ1) is 6.65. The Kier molecular flexibility index (Phi) is 7.48. The summed E-state index contributed by atoms with van der Waals surface area (Å²) >= 11 is 0. The van der Waals surface area contributed by atoms with Crippen molar-refractivity contribution in [1.29, 1.82) is 0 Å². The summed E-state index contributed by atoms with van der Waals surface area (Å²) in [6.07, 6.45) is 2.27. The van der Waals surface area contributed by atoms with Gasteiger partial charge in [-0.15, -0.1) is 0 Å². The van der Waals surface area contributed by atoms with Gasteiger partial charge in [-0.25, -0.2) is 0 Å². The van der Waals surface area contributed by atoms with E-state index in [9.17, 15) is 4.79 Å². The van der Waals surface area contributed by atoms with Gasteiger partial charge in [-0.3, -0.25) is 4.79 Å². The number of carbonyl (C=O) groups is 1. The highest BCUT2D eigenvalue weighted by molar-refractivity contribution is 5.72. The second kappa shape index (κ2) is 7.80. The van der Waals surface area contributed by atoms with Crippen LogP contribution in [0.3, 0.4) is 0 Å². The van der Waals surface area contributed by atoms with E-state index in [1.165, 1.54) is 7.11 Å². The lowest BCUT2D eigenvalue weighted by atomic mass is 10.1. The molecular weight excluding hydrogens is 178 g/mol. The van der Waals surface area contributed by atoms with Gasteiger partial charge in [-0.2, -0.15) is 0 Å². The molecule has 14 heavy (non-hydrogen) atoms. The van der Waals surface area contributed by atoms with Crippen molar-refractivity contribution < 1.29 is 9.53 Å².